The monoisotopic (exact) mass is 446 g/mol. The molecule has 0 saturated heterocycles. The summed E-state index contributed by atoms with van der Waals surface area (Å²) in [6.45, 7) is 4.60. The summed E-state index contributed by atoms with van der Waals surface area (Å²) in [5.41, 5.74) is 7.74. The fourth-order valence-corrected chi connectivity index (χ4v) is 4.67. The number of nitrogens with one attached hydrogen (secondary N) is 2. The Balaban J connectivity index is 1.39. The molecule has 168 valence electrons. The van der Waals surface area contributed by atoms with Crippen molar-refractivity contribution in [2.45, 2.75) is 33.3 Å². The minimum absolute atomic E-state index is 0.546. The second-order valence-electron chi connectivity index (χ2n) is 8.67. The molecule has 3 aromatic carbocycles. The fraction of sp³-hybridized carbons (Fsp3) is 0.172. The number of nitrogens with zero attached hydrogens (tertiary/aromatic N) is 2. The standard InChI is InChI=1S/C29H26N4O/c1-3-5-7-27-30-16-25(32-27)19-9-11-21-20(13-19)17-34-26-15-22-18(14-23(21)26)10-12-24-29(22)33-28(31-24)8-6-4-2/h3-6,9-16H,7-8,17H2,1-2H3,(H,30,32)(H,31,33). The Bertz CT molecular complexity index is 1590. The summed E-state index contributed by atoms with van der Waals surface area (Å²) >= 11 is 0. The van der Waals surface area contributed by atoms with Gasteiger partial charge in [0.05, 0.1) is 22.9 Å². The van der Waals surface area contributed by atoms with E-state index in [-0.39, 0.29) is 0 Å². The van der Waals surface area contributed by atoms with E-state index in [0.29, 0.717) is 6.61 Å². The van der Waals surface area contributed by atoms with Crippen LogP contribution in [-0.4, -0.2) is 19.9 Å². The number of aromatic nitrogens is 4. The number of fused-ring (bicyclic) bond motifs is 6. The molecule has 3 heterocycles. The molecule has 0 amide bonds. The van der Waals surface area contributed by atoms with E-state index in [2.05, 4.69) is 69.6 Å². The fourth-order valence-electron chi connectivity index (χ4n) is 4.67. The number of benzene rings is 3. The third kappa shape index (κ3) is 3.50. The minimum Gasteiger partial charge on any atom is -0.488 e. The largest absolute Gasteiger partial charge is 0.488 e. The molecule has 1 aliphatic heterocycles. The topological polar surface area (TPSA) is 66.6 Å². The normalized spacial score (nSPS) is 13.1. The molecule has 2 aromatic heterocycles. The summed E-state index contributed by atoms with van der Waals surface area (Å²) in [4.78, 5) is 16.2. The summed E-state index contributed by atoms with van der Waals surface area (Å²) in [6, 6.07) is 15.2. The Hall–Kier alpha value is -4.12. The van der Waals surface area contributed by atoms with Gasteiger partial charge in [-0.3, -0.25) is 0 Å². The second kappa shape index (κ2) is 8.34. The van der Waals surface area contributed by atoms with Gasteiger partial charge < -0.3 is 14.7 Å². The van der Waals surface area contributed by atoms with Gasteiger partial charge in [-0.1, -0.05) is 42.5 Å². The molecule has 6 rings (SSSR count). The molecule has 0 atom stereocenters. The third-order valence-electron chi connectivity index (χ3n) is 6.43. The summed E-state index contributed by atoms with van der Waals surface area (Å²) in [7, 11) is 0. The molecule has 0 bridgehead atoms. The van der Waals surface area contributed by atoms with Crippen molar-refractivity contribution in [3.63, 3.8) is 0 Å². The molecule has 2 N–H and O–H groups in total. The lowest BCUT2D eigenvalue weighted by atomic mass is 9.92. The zero-order valence-electron chi connectivity index (χ0n) is 19.4. The highest BCUT2D eigenvalue weighted by molar-refractivity contribution is 6.07. The molecule has 0 saturated carbocycles. The van der Waals surface area contributed by atoms with Crippen LogP contribution in [0, 0.1) is 0 Å². The smallest absolute Gasteiger partial charge is 0.128 e. The Kier molecular flexibility index (Phi) is 5.02. The maximum absolute atomic E-state index is 6.24. The van der Waals surface area contributed by atoms with Gasteiger partial charge in [0.2, 0.25) is 0 Å². The van der Waals surface area contributed by atoms with Crippen molar-refractivity contribution in [1.82, 2.24) is 19.9 Å². The quantitative estimate of drug-likeness (QED) is 0.289. The van der Waals surface area contributed by atoms with Crippen LogP contribution in [0.5, 0.6) is 5.75 Å². The zero-order chi connectivity index (χ0) is 23.1. The van der Waals surface area contributed by atoms with E-state index < -0.39 is 0 Å². The van der Waals surface area contributed by atoms with E-state index in [1.165, 1.54) is 11.1 Å². The SMILES string of the molecule is CC=CCc1ncc(-c2ccc3c(c2)COc2cc4c(ccc5[nH]c(CC=CC)nc54)cc2-3)[nH]1. The molecule has 1 aliphatic rings. The van der Waals surface area contributed by atoms with Crippen LogP contribution in [0.3, 0.4) is 0 Å². The van der Waals surface area contributed by atoms with Crippen molar-refractivity contribution in [2.24, 2.45) is 0 Å². The first-order valence-corrected chi connectivity index (χ1v) is 11.7. The number of allylic oxidation sites excluding steroid dienone is 4. The van der Waals surface area contributed by atoms with Gasteiger partial charge in [-0.2, -0.15) is 0 Å². The van der Waals surface area contributed by atoms with Crippen LogP contribution in [0.2, 0.25) is 0 Å². The van der Waals surface area contributed by atoms with Crippen LogP contribution in [-0.2, 0) is 19.4 Å². The highest BCUT2D eigenvalue weighted by Crippen LogP contribution is 2.42. The van der Waals surface area contributed by atoms with Crippen molar-refractivity contribution in [2.75, 3.05) is 0 Å². The zero-order valence-corrected chi connectivity index (χ0v) is 19.4. The minimum atomic E-state index is 0.546. The van der Waals surface area contributed by atoms with Crippen molar-refractivity contribution in [3.05, 3.63) is 90.2 Å². The van der Waals surface area contributed by atoms with Gasteiger partial charge in [0, 0.05) is 23.8 Å². The van der Waals surface area contributed by atoms with Crippen molar-refractivity contribution >= 4 is 21.8 Å². The lowest BCUT2D eigenvalue weighted by Crippen LogP contribution is -2.05. The highest BCUT2D eigenvalue weighted by atomic mass is 16.5. The molecule has 5 nitrogen and oxygen atoms in total. The Morgan fingerprint density at radius 1 is 0.912 bits per heavy atom. The van der Waals surface area contributed by atoms with Crippen molar-refractivity contribution in [1.29, 1.82) is 0 Å². The van der Waals surface area contributed by atoms with E-state index in [9.17, 15) is 0 Å². The first-order valence-electron chi connectivity index (χ1n) is 11.7. The van der Waals surface area contributed by atoms with Crippen LogP contribution in [0.25, 0.3) is 44.2 Å². The van der Waals surface area contributed by atoms with Gasteiger partial charge in [0.1, 0.15) is 24.0 Å². The number of imidazole rings is 2. The number of aromatic amines is 2. The van der Waals surface area contributed by atoms with Gasteiger partial charge in [0.15, 0.2) is 0 Å². The molecule has 34 heavy (non-hydrogen) atoms. The number of ether oxygens (including phenoxy) is 1. The van der Waals surface area contributed by atoms with E-state index in [4.69, 9.17) is 9.72 Å². The summed E-state index contributed by atoms with van der Waals surface area (Å²) in [5.74, 6) is 2.86. The van der Waals surface area contributed by atoms with Gasteiger partial charge in [-0.15, -0.1) is 0 Å². The van der Waals surface area contributed by atoms with Crippen LogP contribution in [0.15, 0.2) is 73.0 Å². The summed E-state index contributed by atoms with van der Waals surface area (Å²) in [5, 5.41) is 2.28. The van der Waals surface area contributed by atoms with E-state index in [1.807, 2.05) is 32.2 Å². The van der Waals surface area contributed by atoms with E-state index in [0.717, 1.165) is 68.9 Å². The maximum Gasteiger partial charge on any atom is 0.128 e. The van der Waals surface area contributed by atoms with Gasteiger partial charge >= 0.3 is 0 Å². The lowest BCUT2D eigenvalue weighted by molar-refractivity contribution is 0.303. The Morgan fingerprint density at radius 3 is 2.62 bits per heavy atom. The summed E-state index contributed by atoms with van der Waals surface area (Å²) < 4.78 is 6.24. The average molecular weight is 447 g/mol. The predicted octanol–water partition coefficient (Wildman–Crippen LogP) is 6.90. The molecule has 0 spiro atoms. The van der Waals surface area contributed by atoms with Crippen LogP contribution in [0.4, 0.5) is 0 Å². The molecule has 5 aromatic rings. The van der Waals surface area contributed by atoms with Gasteiger partial charge in [-0.25, -0.2) is 9.97 Å². The number of hydrogen-bond donors (Lipinski definition) is 2. The average Bonchev–Trinajstić information content (AvgIpc) is 3.52. The molecule has 0 aliphatic carbocycles. The lowest BCUT2D eigenvalue weighted by Gasteiger charge is -2.22. The number of H-pyrrole nitrogens is 2. The molecular formula is C29H26N4O. The van der Waals surface area contributed by atoms with Crippen molar-refractivity contribution in [3.8, 4) is 28.1 Å². The maximum atomic E-state index is 6.24. The first-order chi connectivity index (χ1) is 16.7. The molecule has 0 radical (unpaired) electrons. The predicted molar refractivity (Wildman–Crippen MR) is 138 cm³/mol. The summed E-state index contributed by atoms with van der Waals surface area (Å²) in [6.07, 6.45) is 11.8. The number of rotatable bonds is 5. The Morgan fingerprint density at radius 2 is 1.76 bits per heavy atom. The van der Waals surface area contributed by atoms with Gasteiger partial charge in [-0.05, 0) is 60.2 Å². The van der Waals surface area contributed by atoms with Gasteiger partial charge in [0.25, 0.3) is 0 Å². The van der Waals surface area contributed by atoms with Crippen molar-refractivity contribution < 1.29 is 4.74 Å². The first kappa shape index (κ1) is 20.5. The highest BCUT2D eigenvalue weighted by Gasteiger charge is 2.20. The van der Waals surface area contributed by atoms with Crippen LogP contribution < -0.4 is 4.74 Å². The second-order valence-corrected chi connectivity index (χ2v) is 8.67. The molecule has 0 fully saturated rings. The molecule has 0 unspecified atom stereocenters. The molecule has 5 heteroatoms. The van der Waals surface area contributed by atoms with E-state index in [1.54, 1.807) is 0 Å². The van der Waals surface area contributed by atoms with Crippen LogP contribution >= 0.6 is 0 Å². The van der Waals surface area contributed by atoms with Crippen LogP contribution in [0.1, 0.15) is 31.1 Å². The Labute approximate surface area is 198 Å². The number of hydrogen-bond acceptors (Lipinski definition) is 3. The third-order valence-corrected chi connectivity index (χ3v) is 6.43. The molecular weight excluding hydrogens is 420 g/mol. The van der Waals surface area contributed by atoms with E-state index >= 15 is 0 Å².